The van der Waals surface area contributed by atoms with E-state index in [0.717, 1.165) is 42.7 Å². The van der Waals surface area contributed by atoms with Crippen molar-refractivity contribution < 1.29 is 22.7 Å². The van der Waals surface area contributed by atoms with E-state index in [1.54, 1.807) is 55.5 Å². The van der Waals surface area contributed by atoms with Gasteiger partial charge in [0.1, 0.15) is 18.3 Å². The van der Waals surface area contributed by atoms with Crippen LogP contribution in [0.15, 0.2) is 48.5 Å². The zero-order chi connectivity index (χ0) is 26.3. The quantitative estimate of drug-likeness (QED) is 0.496. The first-order valence-corrected chi connectivity index (χ1v) is 14.3. The molecule has 0 aliphatic heterocycles. The molecule has 0 unspecified atom stereocenters. The van der Waals surface area contributed by atoms with Gasteiger partial charge in [0.25, 0.3) is 0 Å². The van der Waals surface area contributed by atoms with Crippen molar-refractivity contribution in [1.82, 2.24) is 10.2 Å². The Hall–Kier alpha value is -2.78. The molecule has 3 rings (SSSR count). The standard InChI is InChI=1S/C26H34ClN3O5S/c1-19(26(32)28-21-10-5-4-6-11-21)29(17-20-9-7-8-12-24(20)27)25(31)18-30(36(3,33)34)22-13-15-23(35-2)16-14-22/h7-9,12-16,19,21H,4-6,10-11,17-18H2,1-3H3,(H,28,32)/t19-/m1/s1. The molecule has 0 saturated heterocycles. The molecular weight excluding hydrogens is 502 g/mol. The molecule has 1 atom stereocenters. The lowest BCUT2D eigenvalue weighted by atomic mass is 9.95. The average molecular weight is 536 g/mol. The summed E-state index contributed by atoms with van der Waals surface area (Å²) in [6.45, 7) is 1.26. The zero-order valence-corrected chi connectivity index (χ0v) is 22.5. The minimum absolute atomic E-state index is 0.0674. The molecule has 0 radical (unpaired) electrons. The van der Waals surface area contributed by atoms with Crippen LogP contribution in [0.5, 0.6) is 5.75 Å². The number of methoxy groups -OCH3 is 1. The van der Waals surface area contributed by atoms with Crippen LogP contribution in [0, 0.1) is 0 Å². The number of halogens is 1. The number of carbonyl (C=O) groups excluding carboxylic acids is 2. The fourth-order valence-corrected chi connectivity index (χ4v) is 5.37. The fraction of sp³-hybridized carbons (Fsp3) is 0.462. The van der Waals surface area contributed by atoms with E-state index in [9.17, 15) is 18.0 Å². The summed E-state index contributed by atoms with van der Waals surface area (Å²) < 4.78 is 31.5. The van der Waals surface area contributed by atoms with Gasteiger partial charge in [0.05, 0.1) is 19.1 Å². The monoisotopic (exact) mass is 535 g/mol. The van der Waals surface area contributed by atoms with Crippen LogP contribution in [0.25, 0.3) is 0 Å². The van der Waals surface area contributed by atoms with Crippen molar-refractivity contribution >= 4 is 39.1 Å². The molecule has 1 aliphatic carbocycles. The maximum absolute atomic E-state index is 13.6. The van der Waals surface area contributed by atoms with E-state index in [-0.39, 0.29) is 18.5 Å². The molecule has 2 amide bonds. The van der Waals surface area contributed by atoms with E-state index in [1.807, 2.05) is 0 Å². The third-order valence-electron chi connectivity index (χ3n) is 6.46. The first-order valence-electron chi connectivity index (χ1n) is 12.0. The molecule has 2 aromatic carbocycles. The summed E-state index contributed by atoms with van der Waals surface area (Å²) in [6.07, 6.45) is 6.15. The average Bonchev–Trinajstić information content (AvgIpc) is 2.86. The fourth-order valence-electron chi connectivity index (χ4n) is 4.32. The van der Waals surface area contributed by atoms with E-state index in [1.165, 1.54) is 12.0 Å². The van der Waals surface area contributed by atoms with Gasteiger partial charge in [0.2, 0.25) is 21.8 Å². The molecule has 196 valence electrons. The molecule has 0 spiro atoms. The number of benzene rings is 2. The maximum Gasteiger partial charge on any atom is 0.244 e. The van der Waals surface area contributed by atoms with Crippen molar-refractivity contribution in [3.8, 4) is 5.75 Å². The molecule has 0 heterocycles. The van der Waals surface area contributed by atoms with E-state index in [4.69, 9.17) is 16.3 Å². The van der Waals surface area contributed by atoms with Crippen molar-refractivity contribution in [3.05, 3.63) is 59.1 Å². The van der Waals surface area contributed by atoms with Gasteiger partial charge in [-0.15, -0.1) is 0 Å². The van der Waals surface area contributed by atoms with E-state index in [0.29, 0.717) is 22.0 Å². The van der Waals surface area contributed by atoms with Gasteiger partial charge in [0.15, 0.2) is 0 Å². The molecule has 0 bridgehead atoms. The van der Waals surface area contributed by atoms with Crippen LogP contribution in [-0.2, 0) is 26.2 Å². The number of rotatable bonds is 10. The summed E-state index contributed by atoms with van der Waals surface area (Å²) in [4.78, 5) is 28.2. The molecule has 1 N–H and O–H groups in total. The highest BCUT2D eigenvalue weighted by molar-refractivity contribution is 7.92. The number of hydrogen-bond acceptors (Lipinski definition) is 5. The Morgan fingerprint density at radius 3 is 2.31 bits per heavy atom. The summed E-state index contributed by atoms with van der Waals surface area (Å²) in [5.74, 6) is -0.216. The Kier molecular flexibility index (Phi) is 9.62. The molecular formula is C26H34ClN3O5S. The van der Waals surface area contributed by atoms with Gasteiger partial charge >= 0.3 is 0 Å². The number of carbonyl (C=O) groups is 2. The lowest BCUT2D eigenvalue weighted by molar-refractivity contribution is -0.139. The first kappa shape index (κ1) is 27.8. The molecule has 1 saturated carbocycles. The number of ether oxygens (including phenoxy) is 1. The number of sulfonamides is 1. The van der Waals surface area contributed by atoms with Crippen LogP contribution < -0.4 is 14.4 Å². The lowest BCUT2D eigenvalue weighted by Crippen LogP contribution is -2.53. The first-order chi connectivity index (χ1) is 17.1. The highest BCUT2D eigenvalue weighted by atomic mass is 35.5. The van der Waals surface area contributed by atoms with Crippen LogP contribution in [0.2, 0.25) is 5.02 Å². The van der Waals surface area contributed by atoms with Gasteiger partial charge < -0.3 is 15.0 Å². The van der Waals surface area contributed by atoms with Crippen molar-refractivity contribution in [2.24, 2.45) is 0 Å². The Morgan fingerprint density at radius 2 is 1.72 bits per heavy atom. The van der Waals surface area contributed by atoms with Gasteiger partial charge in [-0.3, -0.25) is 13.9 Å². The summed E-state index contributed by atoms with van der Waals surface area (Å²) in [5.41, 5.74) is 0.990. The Labute approximate surface area is 218 Å². The summed E-state index contributed by atoms with van der Waals surface area (Å²) in [5, 5.41) is 3.53. The second-order valence-electron chi connectivity index (χ2n) is 9.10. The number of hydrogen-bond donors (Lipinski definition) is 1. The van der Waals surface area contributed by atoms with Crippen LogP contribution in [0.3, 0.4) is 0 Å². The van der Waals surface area contributed by atoms with Crippen LogP contribution in [0.4, 0.5) is 5.69 Å². The maximum atomic E-state index is 13.6. The zero-order valence-electron chi connectivity index (χ0n) is 20.9. The molecule has 8 nitrogen and oxygen atoms in total. The van der Waals surface area contributed by atoms with Gasteiger partial charge in [-0.2, -0.15) is 0 Å². The number of nitrogens with one attached hydrogen (secondary N) is 1. The normalized spacial score (nSPS) is 15.1. The Morgan fingerprint density at radius 1 is 1.08 bits per heavy atom. The molecule has 1 aliphatic rings. The van der Waals surface area contributed by atoms with Gasteiger partial charge in [-0.1, -0.05) is 49.1 Å². The molecule has 36 heavy (non-hydrogen) atoms. The van der Waals surface area contributed by atoms with Crippen molar-refractivity contribution in [3.63, 3.8) is 0 Å². The topological polar surface area (TPSA) is 96.0 Å². The van der Waals surface area contributed by atoms with E-state index in [2.05, 4.69) is 5.32 Å². The molecule has 2 aromatic rings. The summed E-state index contributed by atoms with van der Waals surface area (Å²) in [6, 6.07) is 12.7. The van der Waals surface area contributed by atoms with E-state index < -0.39 is 28.5 Å². The van der Waals surface area contributed by atoms with Crippen molar-refractivity contribution in [2.45, 2.75) is 57.7 Å². The number of anilines is 1. The van der Waals surface area contributed by atoms with Gasteiger partial charge in [-0.25, -0.2) is 8.42 Å². The number of nitrogens with zero attached hydrogens (tertiary/aromatic N) is 2. The van der Waals surface area contributed by atoms with Crippen molar-refractivity contribution in [2.75, 3.05) is 24.2 Å². The predicted octanol–water partition coefficient (Wildman–Crippen LogP) is 3.98. The summed E-state index contributed by atoms with van der Waals surface area (Å²) in [7, 11) is -2.28. The lowest BCUT2D eigenvalue weighted by Gasteiger charge is -2.33. The van der Waals surface area contributed by atoms with Crippen LogP contribution >= 0.6 is 11.6 Å². The third-order valence-corrected chi connectivity index (χ3v) is 7.97. The largest absolute Gasteiger partial charge is 0.497 e. The summed E-state index contributed by atoms with van der Waals surface area (Å²) >= 11 is 6.36. The van der Waals surface area contributed by atoms with Gasteiger partial charge in [0, 0.05) is 17.6 Å². The Bertz CT molecular complexity index is 1150. The smallest absolute Gasteiger partial charge is 0.244 e. The van der Waals surface area contributed by atoms with Gasteiger partial charge in [-0.05, 0) is 55.7 Å². The minimum atomic E-state index is -3.80. The predicted molar refractivity (Wildman–Crippen MR) is 142 cm³/mol. The van der Waals surface area contributed by atoms with E-state index >= 15 is 0 Å². The third kappa shape index (κ3) is 7.36. The molecule has 10 heteroatoms. The van der Waals surface area contributed by atoms with Crippen LogP contribution in [-0.4, -0.2) is 57.1 Å². The molecule has 1 fully saturated rings. The second-order valence-corrected chi connectivity index (χ2v) is 11.4. The Balaban J connectivity index is 1.87. The highest BCUT2D eigenvalue weighted by Gasteiger charge is 2.31. The van der Waals surface area contributed by atoms with Crippen LogP contribution in [0.1, 0.15) is 44.6 Å². The SMILES string of the molecule is COc1ccc(N(CC(=O)N(Cc2ccccc2Cl)[C@H](C)C(=O)NC2CCCCC2)S(C)(=O)=O)cc1. The molecule has 0 aromatic heterocycles. The highest BCUT2D eigenvalue weighted by Crippen LogP contribution is 2.24. The van der Waals surface area contributed by atoms with Crippen molar-refractivity contribution in [1.29, 1.82) is 0 Å². The minimum Gasteiger partial charge on any atom is -0.497 e. The number of amides is 2. The second kappa shape index (κ2) is 12.5.